The lowest BCUT2D eigenvalue weighted by atomic mass is 10.1. The summed E-state index contributed by atoms with van der Waals surface area (Å²) in [6.07, 6.45) is -1.37. The number of nitriles is 1. The van der Waals surface area contributed by atoms with E-state index in [4.69, 9.17) is 24.7 Å². The SMILES string of the molecule is CC(=O)OC1C[C@H](OC(C)=O)COC1Oc1ccc(Nc2ncc(F)c(N)n2)cc1C#N. The Kier molecular flexibility index (Phi) is 7.01. The van der Waals surface area contributed by atoms with Crippen LogP contribution in [-0.4, -0.2) is 47.0 Å². The van der Waals surface area contributed by atoms with Gasteiger partial charge in [-0.15, -0.1) is 0 Å². The van der Waals surface area contributed by atoms with Crippen molar-refractivity contribution in [2.45, 2.75) is 38.8 Å². The number of nitrogens with one attached hydrogen (secondary N) is 1. The quantitative estimate of drug-likeness (QED) is 0.624. The molecule has 0 spiro atoms. The van der Waals surface area contributed by atoms with E-state index in [9.17, 15) is 19.2 Å². The first-order chi connectivity index (χ1) is 15.2. The first kappa shape index (κ1) is 22.7. The van der Waals surface area contributed by atoms with Gasteiger partial charge in [0.2, 0.25) is 12.2 Å². The van der Waals surface area contributed by atoms with Crippen LogP contribution in [0.1, 0.15) is 25.8 Å². The third kappa shape index (κ3) is 5.79. The van der Waals surface area contributed by atoms with Crippen LogP contribution in [0.4, 0.5) is 21.8 Å². The minimum Gasteiger partial charge on any atom is -0.460 e. The minimum atomic E-state index is -1.02. The summed E-state index contributed by atoms with van der Waals surface area (Å²) in [6.45, 7) is 2.54. The van der Waals surface area contributed by atoms with Crippen LogP contribution in [0.3, 0.4) is 0 Å². The molecule has 1 aliphatic heterocycles. The maximum absolute atomic E-state index is 13.2. The predicted molar refractivity (Wildman–Crippen MR) is 107 cm³/mol. The fourth-order valence-corrected chi connectivity index (χ4v) is 2.98. The standard InChI is InChI=1S/C20H20FN5O6/c1-10(27)30-14-6-17(31-11(2)28)19(29-9-14)32-16-4-3-13(5-12(16)7-22)25-20-24-8-15(21)18(23)26-20/h3-5,8,14,17,19H,6,9H2,1-2H3,(H3,23,24,25,26)/t14-,17?,19?/m0/s1. The number of halogens is 1. The van der Waals surface area contributed by atoms with Crippen molar-refractivity contribution in [3.63, 3.8) is 0 Å². The van der Waals surface area contributed by atoms with Crippen LogP contribution >= 0.6 is 0 Å². The number of benzene rings is 1. The van der Waals surface area contributed by atoms with Crippen LogP contribution in [-0.2, 0) is 23.8 Å². The van der Waals surface area contributed by atoms with Gasteiger partial charge in [-0.25, -0.2) is 9.37 Å². The van der Waals surface area contributed by atoms with Crippen molar-refractivity contribution in [1.82, 2.24) is 9.97 Å². The molecule has 3 atom stereocenters. The Morgan fingerprint density at radius 2 is 2.06 bits per heavy atom. The summed E-state index contributed by atoms with van der Waals surface area (Å²) in [5, 5.41) is 12.3. The highest BCUT2D eigenvalue weighted by molar-refractivity contribution is 5.67. The van der Waals surface area contributed by atoms with E-state index >= 15 is 0 Å². The van der Waals surface area contributed by atoms with Crippen molar-refractivity contribution in [1.29, 1.82) is 5.26 Å². The number of hydrogen-bond acceptors (Lipinski definition) is 11. The Morgan fingerprint density at radius 1 is 1.31 bits per heavy atom. The summed E-state index contributed by atoms with van der Waals surface area (Å²) in [5.74, 6) is -1.89. The Bertz CT molecular complexity index is 1060. The zero-order valence-electron chi connectivity index (χ0n) is 17.2. The molecule has 0 saturated carbocycles. The van der Waals surface area contributed by atoms with Gasteiger partial charge in [0.15, 0.2) is 17.7 Å². The van der Waals surface area contributed by atoms with E-state index < -0.39 is 36.3 Å². The molecule has 11 nitrogen and oxygen atoms in total. The fraction of sp³-hybridized carbons (Fsp3) is 0.350. The summed E-state index contributed by atoms with van der Waals surface area (Å²) < 4.78 is 35.0. The third-order valence-corrected chi connectivity index (χ3v) is 4.27. The van der Waals surface area contributed by atoms with Crippen molar-refractivity contribution in [3.8, 4) is 11.8 Å². The normalized spacial score (nSPS) is 20.0. The highest BCUT2D eigenvalue weighted by Crippen LogP contribution is 2.28. The Morgan fingerprint density at radius 3 is 2.72 bits per heavy atom. The van der Waals surface area contributed by atoms with Crippen molar-refractivity contribution in [3.05, 3.63) is 35.8 Å². The summed E-state index contributed by atoms with van der Waals surface area (Å²) in [4.78, 5) is 30.2. The molecule has 1 aliphatic rings. The molecule has 2 aromatic rings. The summed E-state index contributed by atoms with van der Waals surface area (Å²) in [5.41, 5.74) is 5.99. The van der Waals surface area contributed by atoms with E-state index in [2.05, 4.69) is 15.3 Å². The van der Waals surface area contributed by atoms with Gasteiger partial charge in [-0.05, 0) is 18.2 Å². The molecule has 168 valence electrons. The lowest BCUT2D eigenvalue weighted by Gasteiger charge is -2.34. The first-order valence-electron chi connectivity index (χ1n) is 9.47. The highest BCUT2D eigenvalue weighted by Gasteiger charge is 2.37. The van der Waals surface area contributed by atoms with Gasteiger partial charge in [0.1, 0.15) is 17.9 Å². The summed E-state index contributed by atoms with van der Waals surface area (Å²) in [7, 11) is 0. The predicted octanol–water partition coefficient (Wildman–Crippen LogP) is 1.80. The molecule has 0 aliphatic carbocycles. The first-order valence-corrected chi connectivity index (χ1v) is 9.47. The summed E-state index contributed by atoms with van der Waals surface area (Å²) in [6, 6.07) is 6.53. The molecule has 12 heteroatoms. The molecule has 2 heterocycles. The zero-order chi connectivity index (χ0) is 23.3. The van der Waals surface area contributed by atoms with Crippen LogP contribution < -0.4 is 15.8 Å². The van der Waals surface area contributed by atoms with Crippen LogP contribution in [0.15, 0.2) is 24.4 Å². The number of nitrogens with zero attached hydrogens (tertiary/aromatic N) is 3. The molecule has 1 aromatic heterocycles. The van der Waals surface area contributed by atoms with E-state index in [-0.39, 0.29) is 36.1 Å². The number of ether oxygens (including phenoxy) is 4. The number of carbonyl (C=O) groups excluding carboxylic acids is 2. The molecule has 3 rings (SSSR count). The molecule has 3 N–H and O–H groups in total. The maximum atomic E-state index is 13.2. The average molecular weight is 445 g/mol. The Hall–Kier alpha value is -3.98. The van der Waals surface area contributed by atoms with Crippen molar-refractivity contribution in [2.24, 2.45) is 0 Å². The topological polar surface area (TPSA) is 159 Å². The monoisotopic (exact) mass is 445 g/mol. The van der Waals surface area contributed by atoms with Gasteiger partial charge < -0.3 is 30.0 Å². The van der Waals surface area contributed by atoms with E-state index in [0.717, 1.165) is 6.20 Å². The minimum absolute atomic E-state index is 0.0346. The molecule has 1 aromatic carbocycles. The third-order valence-electron chi connectivity index (χ3n) is 4.27. The van der Waals surface area contributed by atoms with Crippen molar-refractivity contribution < 1.29 is 32.9 Å². The molecule has 32 heavy (non-hydrogen) atoms. The fourth-order valence-electron chi connectivity index (χ4n) is 2.98. The molecule has 0 radical (unpaired) electrons. The average Bonchev–Trinajstić information content (AvgIpc) is 2.72. The second kappa shape index (κ2) is 9.88. The molecule has 2 unspecified atom stereocenters. The van der Waals surface area contributed by atoms with E-state index in [1.54, 1.807) is 6.07 Å². The molecule has 0 bridgehead atoms. The van der Waals surface area contributed by atoms with Crippen LogP contribution in [0.5, 0.6) is 5.75 Å². The largest absolute Gasteiger partial charge is 0.460 e. The van der Waals surface area contributed by atoms with Crippen LogP contribution in [0.2, 0.25) is 0 Å². The number of hydrogen-bond donors (Lipinski definition) is 2. The number of nitrogen functional groups attached to an aromatic ring is 1. The smallest absolute Gasteiger partial charge is 0.303 e. The van der Waals surface area contributed by atoms with Gasteiger partial charge in [0.05, 0.1) is 18.4 Å². The molecular weight excluding hydrogens is 425 g/mol. The second-order valence-electron chi connectivity index (χ2n) is 6.81. The summed E-state index contributed by atoms with van der Waals surface area (Å²) >= 11 is 0. The Labute approximate surface area is 182 Å². The van der Waals surface area contributed by atoms with Crippen LogP contribution in [0.25, 0.3) is 0 Å². The van der Waals surface area contributed by atoms with Gasteiger partial charge in [0.25, 0.3) is 0 Å². The van der Waals surface area contributed by atoms with Gasteiger partial charge in [-0.1, -0.05) is 0 Å². The van der Waals surface area contributed by atoms with E-state index in [1.165, 1.54) is 26.0 Å². The maximum Gasteiger partial charge on any atom is 0.303 e. The number of carbonyl (C=O) groups is 2. The lowest BCUT2D eigenvalue weighted by molar-refractivity contribution is -0.219. The van der Waals surface area contributed by atoms with Crippen molar-refractivity contribution in [2.75, 3.05) is 17.7 Å². The number of rotatable bonds is 6. The number of anilines is 3. The van der Waals surface area contributed by atoms with Crippen LogP contribution in [0, 0.1) is 17.1 Å². The highest BCUT2D eigenvalue weighted by atomic mass is 19.1. The van der Waals surface area contributed by atoms with Gasteiger partial charge in [-0.3, -0.25) is 9.59 Å². The van der Waals surface area contributed by atoms with Crippen molar-refractivity contribution >= 4 is 29.4 Å². The van der Waals surface area contributed by atoms with Gasteiger partial charge >= 0.3 is 11.9 Å². The Balaban J connectivity index is 1.75. The molecular formula is C20H20FN5O6. The molecule has 1 fully saturated rings. The van der Waals surface area contributed by atoms with E-state index in [0.29, 0.717) is 5.69 Å². The number of aromatic nitrogens is 2. The molecule has 0 amide bonds. The number of nitrogens with two attached hydrogens (primary N) is 1. The lowest BCUT2D eigenvalue weighted by Crippen LogP contribution is -2.47. The second-order valence-corrected chi connectivity index (χ2v) is 6.81. The molecule has 1 saturated heterocycles. The van der Waals surface area contributed by atoms with Gasteiger partial charge in [0, 0.05) is 26.0 Å². The number of esters is 2. The zero-order valence-corrected chi connectivity index (χ0v) is 17.2. The van der Waals surface area contributed by atoms with E-state index in [1.807, 2.05) is 6.07 Å². The van der Waals surface area contributed by atoms with Gasteiger partial charge in [-0.2, -0.15) is 10.2 Å².